The highest BCUT2D eigenvalue weighted by molar-refractivity contribution is 7.80. The van der Waals surface area contributed by atoms with E-state index < -0.39 is 0 Å². The van der Waals surface area contributed by atoms with Gasteiger partial charge in [-0.25, -0.2) is 4.98 Å². The third-order valence-electron chi connectivity index (χ3n) is 2.68. The second kappa shape index (κ2) is 8.07. The lowest BCUT2D eigenvalue weighted by Gasteiger charge is -2.05. The van der Waals surface area contributed by atoms with E-state index in [0.29, 0.717) is 10.3 Å². The molecule has 0 aliphatic rings. The molecule has 0 unspecified atom stereocenters. The second-order valence-corrected chi connectivity index (χ2v) is 6.14. The van der Waals surface area contributed by atoms with Crippen molar-refractivity contribution < 1.29 is 0 Å². The molecule has 1 aromatic carbocycles. The Hall–Kier alpha value is -1.70. The van der Waals surface area contributed by atoms with Crippen molar-refractivity contribution in [2.45, 2.75) is 13.8 Å². The highest BCUT2D eigenvalue weighted by atomic mass is 35.5. The fourth-order valence-electron chi connectivity index (χ4n) is 1.62. The number of aryl methyl sites for hydroxylation is 1. The van der Waals surface area contributed by atoms with Gasteiger partial charge in [0.1, 0.15) is 0 Å². The number of hydrogen-bond donors (Lipinski definition) is 3. The van der Waals surface area contributed by atoms with Gasteiger partial charge in [0, 0.05) is 12.2 Å². The monoisotopic (exact) mass is 353 g/mol. The van der Waals surface area contributed by atoms with Crippen molar-refractivity contribution in [2.24, 2.45) is 5.10 Å². The maximum atomic E-state index is 6.12. The predicted octanol–water partition coefficient (Wildman–Crippen LogP) is 3.67. The Labute approximate surface area is 143 Å². The summed E-state index contributed by atoms with van der Waals surface area (Å²) in [6.45, 7) is 4.74. The van der Waals surface area contributed by atoms with E-state index in [-0.39, 0.29) is 0 Å². The minimum atomic E-state index is 0.404. The molecule has 8 heteroatoms. The number of anilines is 2. The number of benzene rings is 1. The van der Waals surface area contributed by atoms with Gasteiger partial charge in [-0.2, -0.15) is 5.10 Å². The zero-order valence-corrected chi connectivity index (χ0v) is 14.6. The van der Waals surface area contributed by atoms with Gasteiger partial charge in [-0.15, -0.1) is 0 Å². The van der Waals surface area contributed by atoms with Crippen LogP contribution < -0.4 is 16.1 Å². The van der Waals surface area contributed by atoms with Gasteiger partial charge in [-0.1, -0.05) is 41.1 Å². The number of nitrogens with one attached hydrogen (secondary N) is 3. The molecular weight excluding hydrogens is 338 g/mol. The van der Waals surface area contributed by atoms with Crippen LogP contribution in [0.3, 0.4) is 0 Å². The first-order valence-corrected chi connectivity index (χ1v) is 8.26. The predicted molar refractivity (Wildman–Crippen MR) is 98.6 cm³/mol. The maximum absolute atomic E-state index is 6.12. The van der Waals surface area contributed by atoms with Crippen LogP contribution in [0.1, 0.15) is 17.4 Å². The Morgan fingerprint density at radius 3 is 2.95 bits per heavy atom. The number of hydrogen-bond acceptors (Lipinski definition) is 5. The molecule has 0 aliphatic heterocycles. The van der Waals surface area contributed by atoms with Gasteiger partial charge in [-0.05, 0) is 37.7 Å². The summed E-state index contributed by atoms with van der Waals surface area (Å²) in [7, 11) is 0. The minimum absolute atomic E-state index is 0.404. The first-order valence-electron chi connectivity index (χ1n) is 6.66. The zero-order chi connectivity index (χ0) is 15.9. The van der Waals surface area contributed by atoms with Crippen molar-refractivity contribution in [2.75, 3.05) is 11.9 Å². The van der Waals surface area contributed by atoms with Crippen LogP contribution in [0, 0.1) is 6.92 Å². The van der Waals surface area contributed by atoms with Crippen LogP contribution in [0.5, 0.6) is 0 Å². The lowest BCUT2D eigenvalue weighted by atomic mass is 10.2. The number of rotatable bonds is 5. The number of hydrazone groups is 1. The van der Waals surface area contributed by atoms with Crippen LogP contribution in [-0.4, -0.2) is 22.9 Å². The Balaban J connectivity index is 2.04. The largest absolute Gasteiger partial charge is 0.362 e. The van der Waals surface area contributed by atoms with Gasteiger partial charge < -0.3 is 10.6 Å². The molecule has 3 N–H and O–H groups in total. The van der Waals surface area contributed by atoms with Gasteiger partial charge >= 0.3 is 0 Å². The zero-order valence-electron chi connectivity index (χ0n) is 12.2. The van der Waals surface area contributed by atoms with Gasteiger partial charge in [0.05, 0.1) is 11.1 Å². The molecule has 1 aromatic heterocycles. The summed E-state index contributed by atoms with van der Waals surface area (Å²) in [6.07, 6.45) is 1.60. The van der Waals surface area contributed by atoms with E-state index in [1.807, 2.05) is 38.1 Å². The average Bonchev–Trinajstić information content (AvgIpc) is 2.82. The average molecular weight is 354 g/mol. The molecule has 0 amide bonds. The third kappa shape index (κ3) is 4.66. The van der Waals surface area contributed by atoms with E-state index in [0.717, 1.165) is 27.8 Å². The Morgan fingerprint density at radius 1 is 1.45 bits per heavy atom. The summed E-state index contributed by atoms with van der Waals surface area (Å²) >= 11 is 12.6. The number of para-hydroxylation sites is 1. The summed E-state index contributed by atoms with van der Waals surface area (Å²) in [6, 6.07) is 7.99. The molecule has 2 rings (SSSR count). The van der Waals surface area contributed by atoms with Crippen molar-refractivity contribution in [1.29, 1.82) is 0 Å². The SMILES string of the molecule is CCNC(=S)N/N=C/c1sc(Nc2ccccc2C)nc1Cl. The van der Waals surface area contributed by atoms with Crippen LogP contribution in [0.15, 0.2) is 29.4 Å². The van der Waals surface area contributed by atoms with Crippen molar-refractivity contribution >= 4 is 57.3 Å². The summed E-state index contributed by atoms with van der Waals surface area (Å²) in [4.78, 5) is 5.04. The molecule has 5 nitrogen and oxygen atoms in total. The van der Waals surface area contributed by atoms with Crippen LogP contribution in [0.2, 0.25) is 5.15 Å². The number of halogens is 1. The Bertz CT molecular complexity index is 684. The summed E-state index contributed by atoms with van der Waals surface area (Å²) in [5.41, 5.74) is 4.86. The van der Waals surface area contributed by atoms with Crippen molar-refractivity contribution in [3.8, 4) is 0 Å². The minimum Gasteiger partial charge on any atom is -0.362 e. The molecule has 116 valence electrons. The summed E-state index contributed by atoms with van der Waals surface area (Å²) in [5.74, 6) is 0. The first-order chi connectivity index (χ1) is 10.6. The molecule has 0 saturated carbocycles. The normalized spacial score (nSPS) is 10.7. The van der Waals surface area contributed by atoms with Crippen LogP contribution in [-0.2, 0) is 0 Å². The maximum Gasteiger partial charge on any atom is 0.189 e. The third-order valence-corrected chi connectivity index (χ3v) is 4.22. The number of nitrogens with zero attached hydrogens (tertiary/aromatic N) is 2. The van der Waals surface area contributed by atoms with Crippen molar-refractivity contribution in [3.05, 3.63) is 39.9 Å². The molecule has 0 spiro atoms. The molecule has 0 radical (unpaired) electrons. The van der Waals surface area contributed by atoms with Crippen LogP contribution in [0.25, 0.3) is 0 Å². The topological polar surface area (TPSA) is 61.3 Å². The molecule has 0 atom stereocenters. The Kier molecular flexibility index (Phi) is 6.11. The number of thiocarbonyl (C=S) groups is 1. The van der Waals surface area contributed by atoms with Crippen LogP contribution in [0.4, 0.5) is 10.8 Å². The summed E-state index contributed by atoms with van der Waals surface area (Å²) in [5, 5.41) is 11.8. The van der Waals surface area contributed by atoms with E-state index in [9.17, 15) is 0 Å². The van der Waals surface area contributed by atoms with Gasteiger partial charge in [0.25, 0.3) is 0 Å². The molecule has 0 aliphatic carbocycles. The van der Waals surface area contributed by atoms with E-state index in [1.165, 1.54) is 11.3 Å². The lowest BCUT2D eigenvalue weighted by Crippen LogP contribution is -2.31. The highest BCUT2D eigenvalue weighted by Gasteiger charge is 2.08. The number of aromatic nitrogens is 1. The molecule has 22 heavy (non-hydrogen) atoms. The molecule has 2 aromatic rings. The second-order valence-electron chi connectivity index (χ2n) is 4.34. The van der Waals surface area contributed by atoms with E-state index in [1.54, 1.807) is 6.21 Å². The quantitative estimate of drug-likeness (QED) is 0.435. The standard InChI is InChI=1S/C14H16ClN5S2/c1-3-16-13(21)20-17-8-11-12(15)19-14(22-11)18-10-7-5-4-6-9(10)2/h4-8H,3H2,1-2H3,(H,18,19)(H2,16,20,21)/b17-8+. The van der Waals surface area contributed by atoms with Crippen molar-refractivity contribution in [3.63, 3.8) is 0 Å². The highest BCUT2D eigenvalue weighted by Crippen LogP contribution is 2.28. The van der Waals surface area contributed by atoms with Gasteiger partial charge in [0.2, 0.25) is 0 Å². The fourth-order valence-corrected chi connectivity index (χ4v) is 2.86. The van der Waals surface area contributed by atoms with Crippen molar-refractivity contribution in [1.82, 2.24) is 15.7 Å². The molecular formula is C14H16ClN5S2. The molecule has 0 saturated heterocycles. The summed E-state index contributed by atoms with van der Waals surface area (Å²) < 4.78 is 0. The van der Waals surface area contributed by atoms with Gasteiger partial charge in [0.15, 0.2) is 15.4 Å². The molecule has 0 bridgehead atoms. The van der Waals surface area contributed by atoms with Gasteiger partial charge in [-0.3, -0.25) is 5.43 Å². The lowest BCUT2D eigenvalue weighted by molar-refractivity contribution is 0.904. The Morgan fingerprint density at radius 2 is 2.23 bits per heavy atom. The first kappa shape index (κ1) is 16.7. The molecule has 0 fully saturated rings. The van der Waals surface area contributed by atoms with E-state index in [4.69, 9.17) is 23.8 Å². The van der Waals surface area contributed by atoms with E-state index in [2.05, 4.69) is 26.1 Å². The van der Waals surface area contributed by atoms with Crippen LogP contribution >= 0.6 is 35.2 Å². The fraction of sp³-hybridized carbons (Fsp3) is 0.214. The van der Waals surface area contributed by atoms with E-state index >= 15 is 0 Å². The smallest absolute Gasteiger partial charge is 0.189 e. The molecule has 1 heterocycles. The number of thiazole rings is 1.